The van der Waals surface area contributed by atoms with E-state index < -0.39 is 0 Å². The third-order valence-corrected chi connectivity index (χ3v) is 12.8. The molecule has 67 heavy (non-hydrogen) atoms. The fourth-order valence-electron chi connectivity index (χ4n) is 9.60. The minimum Gasteiger partial charge on any atom is -0.456 e. The molecule has 0 saturated carbocycles. The molecule has 316 valence electrons. The van der Waals surface area contributed by atoms with E-state index in [0.717, 1.165) is 72.8 Å². The van der Waals surface area contributed by atoms with E-state index in [1.165, 1.54) is 38.6 Å². The van der Waals surface area contributed by atoms with Crippen molar-refractivity contribution in [3.63, 3.8) is 0 Å². The van der Waals surface area contributed by atoms with Gasteiger partial charge in [0.25, 0.3) is 0 Å². The molecule has 11 aromatic carbocycles. The second-order valence-electron chi connectivity index (χ2n) is 16.9. The molecule has 0 amide bonds. The topological polar surface area (TPSA) is 19.6 Å². The molecular weight excluding hydrogens is 813 g/mol. The van der Waals surface area contributed by atoms with Crippen molar-refractivity contribution in [2.45, 2.75) is 0 Å². The molecular formula is C64H44N2O. The lowest BCUT2D eigenvalue weighted by Crippen LogP contribution is -2.14. The lowest BCUT2D eigenvalue weighted by molar-refractivity contribution is 0.669. The lowest BCUT2D eigenvalue weighted by Gasteiger charge is -2.31. The van der Waals surface area contributed by atoms with Crippen molar-refractivity contribution in [1.82, 2.24) is 0 Å². The van der Waals surface area contributed by atoms with Crippen molar-refractivity contribution in [2.75, 3.05) is 9.80 Å². The first kappa shape index (κ1) is 39.7. The van der Waals surface area contributed by atoms with E-state index in [2.05, 4.69) is 271 Å². The molecule has 0 unspecified atom stereocenters. The van der Waals surface area contributed by atoms with Crippen LogP contribution in [0.3, 0.4) is 0 Å². The van der Waals surface area contributed by atoms with Crippen LogP contribution in [0.4, 0.5) is 34.1 Å². The highest BCUT2D eigenvalue weighted by molar-refractivity contribution is 6.13. The first-order valence-corrected chi connectivity index (χ1v) is 22.8. The van der Waals surface area contributed by atoms with Crippen molar-refractivity contribution in [2.24, 2.45) is 0 Å². The van der Waals surface area contributed by atoms with E-state index in [1.807, 2.05) is 6.07 Å². The molecule has 0 bridgehead atoms. The molecule has 0 radical (unpaired) electrons. The number of furan rings is 1. The lowest BCUT2D eigenvalue weighted by atomic mass is 9.96. The second kappa shape index (κ2) is 17.2. The fraction of sp³-hybridized carbons (Fsp3) is 0. The highest BCUT2D eigenvalue weighted by atomic mass is 16.3. The van der Waals surface area contributed by atoms with Crippen molar-refractivity contribution in [1.29, 1.82) is 0 Å². The van der Waals surface area contributed by atoms with Crippen LogP contribution >= 0.6 is 0 Å². The highest BCUT2D eigenvalue weighted by Crippen LogP contribution is 2.48. The Kier molecular flexibility index (Phi) is 10.2. The maximum atomic E-state index is 6.56. The average Bonchev–Trinajstić information content (AvgIpc) is 3.80. The number of benzene rings is 11. The van der Waals surface area contributed by atoms with Crippen molar-refractivity contribution < 1.29 is 4.42 Å². The van der Waals surface area contributed by atoms with Crippen LogP contribution in [-0.4, -0.2) is 0 Å². The van der Waals surface area contributed by atoms with Gasteiger partial charge in [-0.1, -0.05) is 194 Å². The van der Waals surface area contributed by atoms with Gasteiger partial charge < -0.3 is 14.2 Å². The molecule has 0 spiro atoms. The Hall–Kier alpha value is -8.92. The first-order chi connectivity index (χ1) is 33.2. The summed E-state index contributed by atoms with van der Waals surface area (Å²) < 4.78 is 6.56. The van der Waals surface area contributed by atoms with Crippen LogP contribution in [0.5, 0.6) is 0 Å². The molecule has 0 aliphatic rings. The summed E-state index contributed by atoms with van der Waals surface area (Å²) >= 11 is 0. The number of hydrogen-bond donors (Lipinski definition) is 0. The number of hydrogen-bond acceptors (Lipinski definition) is 3. The van der Waals surface area contributed by atoms with Gasteiger partial charge in [0.05, 0.1) is 11.1 Å². The van der Waals surface area contributed by atoms with Crippen LogP contribution in [-0.2, 0) is 0 Å². The number of rotatable bonds is 10. The highest BCUT2D eigenvalue weighted by Gasteiger charge is 2.23. The summed E-state index contributed by atoms with van der Waals surface area (Å²) in [5, 5.41) is 4.52. The minimum absolute atomic E-state index is 0.841. The standard InChI is InChI=1S/C64H44N2O/c1-4-16-45(17-5-1)48-30-36-53(37-31-48)65(54-38-32-49(33-39-54)46-18-6-2-7-19-46)56-42-52(59-26-14-23-51-22-10-11-24-58(51)59)43-57(44-56)66(55-40-34-50(35-41-55)47-20-8-3-9-21-47)61-27-15-29-63-64(61)60-25-12-13-28-62(60)67-63/h1-44H. The average molecular weight is 857 g/mol. The Morgan fingerprint density at radius 2 is 0.672 bits per heavy atom. The molecule has 12 rings (SSSR count). The summed E-state index contributed by atoms with van der Waals surface area (Å²) in [5.74, 6) is 0. The summed E-state index contributed by atoms with van der Waals surface area (Å²) in [4.78, 5) is 4.80. The van der Waals surface area contributed by atoms with Gasteiger partial charge in [-0.05, 0) is 128 Å². The third kappa shape index (κ3) is 7.59. The predicted octanol–water partition coefficient (Wildman–Crippen LogP) is 18.3. The van der Waals surface area contributed by atoms with E-state index in [-0.39, 0.29) is 0 Å². The van der Waals surface area contributed by atoms with Gasteiger partial charge in [0.1, 0.15) is 11.2 Å². The van der Waals surface area contributed by atoms with Crippen molar-refractivity contribution in [3.8, 4) is 44.5 Å². The molecule has 1 aromatic heterocycles. The van der Waals surface area contributed by atoms with Gasteiger partial charge in [-0.25, -0.2) is 0 Å². The first-order valence-electron chi connectivity index (χ1n) is 22.8. The molecule has 0 saturated heterocycles. The molecule has 0 fully saturated rings. The van der Waals surface area contributed by atoms with Crippen LogP contribution in [0.2, 0.25) is 0 Å². The quantitative estimate of drug-likeness (QED) is 0.137. The van der Waals surface area contributed by atoms with E-state index in [1.54, 1.807) is 0 Å². The summed E-state index contributed by atoms with van der Waals surface area (Å²) in [5.41, 5.74) is 17.2. The van der Waals surface area contributed by atoms with Crippen molar-refractivity contribution >= 4 is 66.8 Å². The Labute approximate surface area is 390 Å². The zero-order chi connectivity index (χ0) is 44.5. The minimum atomic E-state index is 0.841. The Morgan fingerprint density at radius 3 is 1.24 bits per heavy atom. The summed E-state index contributed by atoms with van der Waals surface area (Å²) in [6.45, 7) is 0. The number of para-hydroxylation sites is 1. The number of nitrogens with zero attached hydrogens (tertiary/aromatic N) is 2. The molecule has 0 atom stereocenters. The second-order valence-corrected chi connectivity index (χ2v) is 16.9. The van der Waals surface area contributed by atoms with Gasteiger partial charge in [-0.3, -0.25) is 0 Å². The van der Waals surface area contributed by atoms with Gasteiger partial charge in [0.15, 0.2) is 0 Å². The van der Waals surface area contributed by atoms with Crippen LogP contribution in [0, 0.1) is 0 Å². The molecule has 1 heterocycles. The molecule has 0 N–H and O–H groups in total. The molecule has 3 nitrogen and oxygen atoms in total. The smallest absolute Gasteiger partial charge is 0.137 e. The van der Waals surface area contributed by atoms with E-state index >= 15 is 0 Å². The van der Waals surface area contributed by atoms with Crippen molar-refractivity contribution in [3.05, 3.63) is 267 Å². The summed E-state index contributed by atoms with van der Waals surface area (Å²) in [6.07, 6.45) is 0. The van der Waals surface area contributed by atoms with Crippen LogP contribution in [0.1, 0.15) is 0 Å². The molecule has 0 aliphatic heterocycles. The zero-order valence-corrected chi connectivity index (χ0v) is 36.7. The number of fused-ring (bicyclic) bond motifs is 4. The Bertz CT molecular complexity index is 3570. The van der Waals surface area contributed by atoms with Gasteiger partial charge >= 0.3 is 0 Å². The van der Waals surface area contributed by atoms with Gasteiger partial charge in [0.2, 0.25) is 0 Å². The summed E-state index contributed by atoms with van der Waals surface area (Å²) in [7, 11) is 0. The van der Waals surface area contributed by atoms with Gasteiger partial charge in [-0.15, -0.1) is 0 Å². The Morgan fingerprint density at radius 1 is 0.254 bits per heavy atom. The van der Waals surface area contributed by atoms with Crippen LogP contribution in [0.15, 0.2) is 271 Å². The predicted molar refractivity (Wildman–Crippen MR) is 282 cm³/mol. The van der Waals surface area contributed by atoms with Crippen LogP contribution < -0.4 is 9.80 Å². The molecule has 0 aliphatic carbocycles. The SMILES string of the molecule is c1ccc(-c2ccc(N(c3ccc(-c4ccccc4)cc3)c3cc(-c4cccc5ccccc45)cc(N(c4ccc(-c5ccccc5)cc4)c4cccc5oc6ccccc6c45)c3)cc2)cc1. The Balaban J connectivity index is 1.12. The fourth-order valence-corrected chi connectivity index (χ4v) is 9.60. The maximum Gasteiger partial charge on any atom is 0.137 e. The monoisotopic (exact) mass is 856 g/mol. The van der Waals surface area contributed by atoms with Crippen LogP contribution in [0.25, 0.3) is 77.2 Å². The largest absolute Gasteiger partial charge is 0.456 e. The van der Waals surface area contributed by atoms with E-state index in [9.17, 15) is 0 Å². The normalized spacial score (nSPS) is 11.3. The maximum absolute atomic E-state index is 6.56. The van der Waals surface area contributed by atoms with Gasteiger partial charge in [-0.2, -0.15) is 0 Å². The zero-order valence-electron chi connectivity index (χ0n) is 36.7. The summed E-state index contributed by atoms with van der Waals surface area (Å²) in [6, 6.07) is 95.8. The molecule has 12 aromatic rings. The van der Waals surface area contributed by atoms with E-state index in [4.69, 9.17) is 4.42 Å². The number of anilines is 6. The molecule has 3 heteroatoms. The third-order valence-electron chi connectivity index (χ3n) is 12.8. The van der Waals surface area contributed by atoms with Gasteiger partial charge in [0, 0.05) is 33.8 Å². The van der Waals surface area contributed by atoms with E-state index in [0.29, 0.717) is 0 Å².